The highest BCUT2D eigenvalue weighted by Gasteiger charge is 2.40. The fraction of sp³-hybridized carbons (Fsp3) is 1.00. The van der Waals surface area contributed by atoms with Crippen molar-refractivity contribution in [2.75, 3.05) is 5.75 Å². The van der Waals surface area contributed by atoms with Crippen molar-refractivity contribution in [2.24, 2.45) is 0 Å². The SMILES string of the molecule is CC1SCC2N[C@@H](O)NC21. The highest BCUT2D eigenvalue weighted by Crippen LogP contribution is 2.29. The Morgan fingerprint density at radius 3 is 3.00 bits per heavy atom. The Labute approximate surface area is 64.6 Å². The number of aliphatic hydroxyl groups is 1. The summed E-state index contributed by atoms with van der Waals surface area (Å²) in [6, 6.07) is 0.954. The van der Waals surface area contributed by atoms with E-state index in [1.807, 2.05) is 11.8 Å². The van der Waals surface area contributed by atoms with Crippen LogP contribution in [0.5, 0.6) is 0 Å². The Balaban J connectivity index is 2.05. The fourth-order valence-corrected chi connectivity index (χ4v) is 2.92. The minimum Gasteiger partial charge on any atom is -0.365 e. The van der Waals surface area contributed by atoms with Crippen molar-refractivity contribution in [2.45, 2.75) is 30.6 Å². The smallest absolute Gasteiger partial charge is 0.161 e. The van der Waals surface area contributed by atoms with Crippen LogP contribution in [0.15, 0.2) is 0 Å². The monoisotopic (exact) mass is 160 g/mol. The summed E-state index contributed by atoms with van der Waals surface area (Å²) in [6.07, 6.45) is -0.474. The lowest BCUT2D eigenvalue weighted by Crippen LogP contribution is -2.36. The molecule has 0 saturated carbocycles. The van der Waals surface area contributed by atoms with Gasteiger partial charge in [-0.3, -0.25) is 10.6 Å². The van der Waals surface area contributed by atoms with E-state index in [1.165, 1.54) is 0 Å². The third-order valence-electron chi connectivity index (χ3n) is 2.20. The zero-order chi connectivity index (χ0) is 7.14. The molecule has 4 atom stereocenters. The first-order chi connectivity index (χ1) is 4.77. The second-order valence-corrected chi connectivity index (χ2v) is 4.32. The van der Waals surface area contributed by atoms with E-state index >= 15 is 0 Å². The lowest BCUT2D eigenvalue weighted by molar-refractivity contribution is 0.131. The number of aliphatic hydroxyl groups excluding tert-OH is 1. The van der Waals surface area contributed by atoms with Gasteiger partial charge in [0.1, 0.15) is 0 Å². The molecular formula is C6H12N2OS. The molecular weight excluding hydrogens is 148 g/mol. The molecule has 4 heteroatoms. The minimum atomic E-state index is -0.474. The second-order valence-electron chi connectivity index (χ2n) is 2.91. The Hall–Kier alpha value is 0.230. The number of hydrogen-bond donors (Lipinski definition) is 3. The van der Waals surface area contributed by atoms with Crippen molar-refractivity contribution in [3.05, 3.63) is 0 Å². The maximum Gasteiger partial charge on any atom is 0.161 e. The van der Waals surface area contributed by atoms with Crippen molar-refractivity contribution in [1.82, 2.24) is 10.6 Å². The summed E-state index contributed by atoms with van der Waals surface area (Å²) in [5, 5.41) is 15.9. The Morgan fingerprint density at radius 1 is 1.50 bits per heavy atom. The Morgan fingerprint density at radius 2 is 2.30 bits per heavy atom. The van der Waals surface area contributed by atoms with Gasteiger partial charge in [-0.15, -0.1) is 0 Å². The predicted molar refractivity (Wildman–Crippen MR) is 41.8 cm³/mol. The van der Waals surface area contributed by atoms with E-state index in [2.05, 4.69) is 17.6 Å². The third kappa shape index (κ3) is 0.955. The van der Waals surface area contributed by atoms with Gasteiger partial charge in [0, 0.05) is 23.1 Å². The summed E-state index contributed by atoms with van der Waals surface area (Å²) in [5.41, 5.74) is 0. The largest absolute Gasteiger partial charge is 0.365 e. The molecule has 3 unspecified atom stereocenters. The molecule has 0 aromatic rings. The predicted octanol–water partition coefficient (Wildman–Crippen LogP) is -0.672. The van der Waals surface area contributed by atoms with Crippen LogP contribution in [0.1, 0.15) is 6.92 Å². The van der Waals surface area contributed by atoms with Gasteiger partial charge in [-0.25, -0.2) is 0 Å². The van der Waals surface area contributed by atoms with E-state index in [9.17, 15) is 0 Å². The van der Waals surface area contributed by atoms with Gasteiger partial charge >= 0.3 is 0 Å². The number of hydrogen-bond acceptors (Lipinski definition) is 4. The molecule has 2 fully saturated rings. The van der Waals surface area contributed by atoms with E-state index in [1.54, 1.807) is 0 Å². The maximum atomic E-state index is 9.12. The molecule has 0 aliphatic carbocycles. The van der Waals surface area contributed by atoms with Crippen molar-refractivity contribution in [1.29, 1.82) is 0 Å². The van der Waals surface area contributed by atoms with Gasteiger partial charge in [0.2, 0.25) is 0 Å². The normalized spacial score (nSPS) is 53.4. The molecule has 2 heterocycles. The van der Waals surface area contributed by atoms with Crippen molar-refractivity contribution < 1.29 is 5.11 Å². The van der Waals surface area contributed by atoms with Crippen LogP contribution in [0.2, 0.25) is 0 Å². The first kappa shape index (κ1) is 6.91. The molecule has 0 spiro atoms. The van der Waals surface area contributed by atoms with Crippen LogP contribution in [0.25, 0.3) is 0 Å². The zero-order valence-electron chi connectivity index (χ0n) is 5.87. The molecule has 2 rings (SSSR count). The quantitative estimate of drug-likeness (QED) is 0.440. The van der Waals surface area contributed by atoms with Gasteiger partial charge in [0.25, 0.3) is 0 Å². The van der Waals surface area contributed by atoms with Crippen LogP contribution < -0.4 is 10.6 Å². The average Bonchev–Trinajstić information content (AvgIpc) is 2.35. The van der Waals surface area contributed by atoms with Crippen molar-refractivity contribution in [3.8, 4) is 0 Å². The molecule has 2 aliphatic heterocycles. The van der Waals surface area contributed by atoms with Crippen LogP contribution in [-0.2, 0) is 0 Å². The van der Waals surface area contributed by atoms with Crippen LogP contribution in [0.3, 0.4) is 0 Å². The third-order valence-corrected chi connectivity index (χ3v) is 3.57. The number of fused-ring (bicyclic) bond motifs is 1. The van der Waals surface area contributed by atoms with Crippen LogP contribution in [0.4, 0.5) is 0 Å². The molecule has 10 heavy (non-hydrogen) atoms. The molecule has 0 amide bonds. The van der Waals surface area contributed by atoms with E-state index in [0.29, 0.717) is 17.3 Å². The van der Waals surface area contributed by atoms with Gasteiger partial charge in [0.05, 0.1) is 0 Å². The zero-order valence-corrected chi connectivity index (χ0v) is 6.69. The first-order valence-corrected chi connectivity index (χ1v) is 4.64. The van der Waals surface area contributed by atoms with E-state index in [-0.39, 0.29) is 0 Å². The molecule has 0 aromatic heterocycles. The summed E-state index contributed by atoms with van der Waals surface area (Å²) in [7, 11) is 0. The van der Waals surface area contributed by atoms with E-state index in [0.717, 1.165) is 5.75 Å². The summed E-state index contributed by atoms with van der Waals surface area (Å²) < 4.78 is 0. The molecule has 0 radical (unpaired) electrons. The average molecular weight is 160 g/mol. The number of rotatable bonds is 0. The van der Waals surface area contributed by atoms with Crippen LogP contribution >= 0.6 is 11.8 Å². The van der Waals surface area contributed by atoms with Gasteiger partial charge < -0.3 is 5.11 Å². The van der Waals surface area contributed by atoms with Crippen molar-refractivity contribution in [3.63, 3.8) is 0 Å². The van der Waals surface area contributed by atoms with Crippen LogP contribution in [0, 0.1) is 0 Å². The molecule has 58 valence electrons. The van der Waals surface area contributed by atoms with Gasteiger partial charge in [-0.1, -0.05) is 6.92 Å². The summed E-state index contributed by atoms with van der Waals surface area (Å²) in [4.78, 5) is 0. The van der Waals surface area contributed by atoms with E-state index < -0.39 is 6.35 Å². The summed E-state index contributed by atoms with van der Waals surface area (Å²) >= 11 is 1.96. The molecule has 0 aromatic carbocycles. The standard InChI is InChI=1S/C6H12N2OS/c1-3-5-4(2-10-3)7-6(9)8-5/h3-9H,2H2,1H3/t3?,4?,5?,6-/m1/s1. The molecule has 2 aliphatic rings. The minimum absolute atomic E-state index is 0.472. The maximum absolute atomic E-state index is 9.12. The first-order valence-electron chi connectivity index (χ1n) is 3.59. The van der Waals surface area contributed by atoms with Crippen molar-refractivity contribution >= 4 is 11.8 Å². The van der Waals surface area contributed by atoms with Crippen LogP contribution in [-0.4, -0.2) is 34.5 Å². The summed E-state index contributed by atoms with van der Waals surface area (Å²) in [6.45, 7) is 2.20. The van der Waals surface area contributed by atoms with Gasteiger partial charge in [-0.2, -0.15) is 11.8 Å². The topological polar surface area (TPSA) is 44.3 Å². The molecule has 0 bridgehead atoms. The second kappa shape index (κ2) is 2.37. The molecule has 2 saturated heterocycles. The molecule has 3 N–H and O–H groups in total. The molecule has 3 nitrogen and oxygen atoms in total. The number of thioether (sulfide) groups is 1. The highest BCUT2D eigenvalue weighted by atomic mass is 32.2. The van der Waals surface area contributed by atoms with Gasteiger partial charge in [-0.05, 0) is 0 Å². The lowest BCUT2D eigenvalue weighted by Gasteiger charge is -2.11. The van der Waals surface area contributed by atoms with Gasteiger partial charge in [0.15, 0.2) is 6.35 Å². The highest BCUT2D eigenvalue weighted by molar-refractivity contribution is 8.00. The Bertz CT molecular complexity index is 144. The van der Waals surface area contributed by atoms with E-state index in [4.69, 9.17) is 5.11 Å². The summed E-state index contributed by atoms with van der Waals surface area (Å²) in [5.74, 6) is 1.12. The Kier molecular flexibility index (Phi) is 1.64. The fourth-order valence-electron chi connectivity index (χ4n) is 1.63. The lowest BCUT2D eigenvalue weighted by atomic mass is 10.1. The number of nitrogens with one attached hydrogen (secondary N) is 2.